The van der Waals surface area contributed by atoms with Crippen LogP contribution in [0.5, 0.6) is 0 Å². The van der Waals surface area contributed by atoms with Crippen molar-refractivity contribution in [2.24, 2.45) is 11.8 Å². The molecular weight excluding hydrogens is 544 g/mol. The van der Waals surface area contributed by atoms with E-state index in [1.165, 1.54) is 77.0 Å². The lowest BCUT2D eigenvalue weighted by atomic mass is 9.63. The fraction of sp³-hybridized carbons (Fsp3) is 0.650. The zero-order valence-corrected chi connectivity index (χ0v) is 27.9. The molecule has 0 spiro atoms. The molecule has 0 radical (unpaired) electrons. The van der Waals surface area contributed by atoms with Gasteiger partial charge in [0, 0.05) is 0 Å². The highest BCUT2D eigenvalue weighted by molar-refractivity contribution is 5.84. The monoisotopic (exact) mass is 604 g/mol. The number of hydrogen-bond donors (Lipinski definition) is 0. The quantitative estimate of drug-likeness (QED) is 0.0991. The lowest BCUT2D eigenvalue weighted by molar-refractivity contribution is -0.165. The molecule has 0 N–H and O–H groups in total. The van der Waals surface area contributed by atoms with E-state index >= 15 is 0 Å². The molecule has 1 saturated carbocycles. The van der Waals surface area contributed by atoms with Crippen LogP contribution in [-0.2, 0) is 19.1 Å². The van der Waals surface area contributed by atoms with Gasteiger partial charge in [-0.2, -0.15) is 0 Å². The van der Waals surface area contributed by atoms with Gasteiger partial charge >= 0.3 is 11.9 Å². The summed E-state index contributed by atoms with van der Waals surface area (Å²) in [5.74, 6) is -1.73. The van der Waals surface area contributed by atoms with Crippen molar-refractivity contribution in [1.29, 1.82) is 0 Å². The predicted octanol–water partition coefficient (Wildman–Crippen LogP) is 10.9. The summed E-state index contributed by atoms with van der Waals surface area (Å²) in [6.07, 6.45) is 20.8. The Kier molecular flexibility index (Phi) is 17.9. The normalized spacial score (nSPS) is 19.9. The smallest absolute Gasteiger partial charge is 0.310 e. The van der Waals surface area contributed by atoms with Gasteiger partial charge in [-0.15, -0.1) is 0 Å². The van der Waals surface area contributed by atoms with Gasteiger partial charge in [0.1, 0.15) is 0 Å². The fourth-order valence-corrected chi connectivity index (χ4v) is 7.00. The minimum atomic E-state index is -0.559. The summed E-state index contributed by atoms with van der Waals surface area (Å²) < 4.78 is 12.0. The fourth-order valence-electron chi connectivity index (χ4n) is 7.00. The SMILES string of the molecule is CCCCCCCCCCOC(=O)C1C(c2ccccc2)CCC(c2ccccc2)C1C(=O)OCCCCCCCCCC. The molecule has 0 saturated heterocycles. The van der Waals surface area contributed by atoms with Gasteiger partial charge in [0.2, 0.25) is 0 Å². The van der Waals surface area contributed by atoms with Crippen LogP contribution in [0.3, 0.4) is 0 Å². The summed E-state index contributed by atoms with van der Waals surface area (Å²) in [7, 11) is 0. The summed E-state index contributed by atoms with van der Waals surface area (Å²) in [6.45, 7) is 5.32. The summed E-state index contributed by atoms with van der Waals surface area (Å²) in [5, 5.41) is 0. The van der Waals surface area contributed by atoms with Crippen molar-refractivity contribution in [2.45, 2.75) is 141 Å². The first-order chi connectivity index (χ1) is 21.7. The van der Waals surface area contributed by atoms with Gasteiger partial charge < -0.3 is 9.47 Å². The summed E-state index contributed by atoms with van der Waals surface area (Å²) in [5.41, 5.74) is 2.21. The molecule has 0 aliphatic heterocycles. The van der Waals surface area contributed by atoms with Crippen molar-refractivity contribution in [3.63, 3.8) is 0 Å². The lowest BCUT2D eigenvalue weighted by Crippen LogP contribution is -2.43. The molecule has 2 aromatic carbocycles. The van der Waals surface area contributed by atoms with Crippen LogP contribution in [0.2, 0.25) is 0 Å². The van der Waals surface area contributed by atoms with Crippen LogP contribution in [0.15, 0.2) is 60.7 Å². The highest BCUT2D eigenvalue weighted by Gasteiger charge is 2.49. The van der Waals surface area contributed by atoms with E-state index in [9.17, 15) is 9.59 Å². The maximum atomic E-state index is 14.0. The zero-order chi connectivity index (χ0) is 31.2. The Morgan fingerprint density at radius 1 is 0.500 bits per heavy atom. The second-order valence-electron chi connectivity index (χ2n) is 12.9. The number of carbonyl (C=O) groups excluding carboxylic acids is 2. The number of benzene rings is 2. The van der Waals surface area contributed by atoms with Crippen LogP contribution in [0.4, 0.5) is 0 Å². The number of carbonyl (C=O) groups is 2. The van der Waals surface area contributed by atoms with Crippen LogP contribution in [0, 0.1) is 11.8 Å². The molecule has 0 heterocycles. The second-order valence-corrected chi connectivity index (χ2v) is 12.9. The first kappa shape index (κ1) is 35.9. The minimum absolute atomic E-state index is 0.0668. The molecule has 1 fully saturated rings. The zero-order valence-electron chi connectivity index (χ0n) is 27.9. The number of rotatable bonds is 22. The van der Waals surface area contributed by atoms with E-state index in [0.29, 0.717) is 13.2 Å². The first-order valence-electron chi connectivity index (χ1n) is 18.1. The van der Waals surface area contributed by atoms with Crippen LogP contribution >= 0.6 is 0 Å². The van der Waals surface area contributed by atoms with Crippen molar-refractivity contribution in [3.8, 4) is 0 Å². The number of esters is 2. The van der Waals surface area contributed by atoms with Crippen LogP contribution < -0.4 is 0 Å². The molecule has 3 rings (SSSR count). The molecule has 1 aliphatic rings. The molecule has 44 heavy (non-hydrogen) atoms. The van der Waals surface area contributed by atoms with Crippen molar-refractivity contribution in [1.82, 2.24) is 0 Å². The average molecular weight is 605 g/mol. The Hall–Kier alpha value is -2.62. The van der Waals surface area contributed by atoms with Crippen molar-refractivity contribution >= 4 is 11.9 Å². The third-order valence-corrected chi connectivity index (χ3v) is 9.53. The van der Waals surface area contributed by atoms with E-state index in [4.69, 9.17) is 9.47 Å². The van der Waals surface area contributed by atoms with Gasteiger partial charge in [-0.1, -0.05) is 164 Å². The molecule has 0 aromatic heterocycles. The first-order valence-corrected chi connectivity index (χ1v) is 18.1. The molecule has 4 atom stereocenters. The molecule has 4 nitrogen and oxygen atoms in total. The molecule has 0 bridgehead atoms. The second kappa shape index (κ2) is 22.0. The topological polar surface area (TPSA) is 52.6 Å². The Morgan fingerprint density at radius 3 is 1.16 bits per heavy atom. The predicted molar refractivity (Wildman–Crippen MR) is 182 cm³/mol. The van der Waals surface area contributed by atoms with Crippen LogP contribution in [-0.4, -0.2) is 25.2 Å². The van der Waals surface area contributed by atoms with E-state index in [1.807, 2.05) is 36.4 Å². The lowest BCUT2D eigenvalue weighted by Gasteiger charge is -2.41. The Labute approximate surface area is 268 Å². The summed E-state index contributed by atoms with van der Waals surface area (Å²) >= 11 is 0. The number of ether oxygens (including phenoxy) is 2. The third-order valence-electron chi connectivity index (χ3n) is 9.53. The van der Waals surface area contributed by atoms with Gasteiger partial charge in [-0.3, -0.25) is 9.59 Å². The van der Waals surface area contributed by atoms with Crippen molar-refractivity contribution in [3.05, 3.63) is 71.8 Å². The Balaban J connectivity index is 1.67. The van der Waals surface area contributed by atoms with E-state index < -0.39 is 11.8 Å². The Morgan fingerprint density at radius 2 is 0.818 bits per heavy atom. The van der Waals surface area contributed by atoms with E-state index in [1.54, 1.807) is 0 Å². The molecular formula is C40H60O4. The summed E-state index contributed by atoms with van der Waals surface area (Å²) in [4.78, 5) is 27.9. The van der Waals surface area contributed by atoms with E-state index in [0.717, 1.165) is 49.7 Å². The van der Waals surface area contributed by atoms with Crippen LogP contribution in [0.1, 0.15) is 152 Å². The Bertz CT molecular complexity index is 937. The van der Waals surface area contributed by atoms with Crippen molar-refractivity contribution < 1.29 is 19.1 Å². The third kappa shape index (κ3) is 12.4. The average Bonchev–Trinajstić information content (AvgIpc) is 3.06. The number of hydrogen-bond acceptors (Lipinski definition) is 4. The van der Waals surface area contributed by atoms with Gasteiger partial charge in [-0.05, 0) is 48.6 Å². The molecule has 0 amide bonds. The molecule has 1 aliphatic carbocycles. The van der Waals surface area contributed by atoms with Gasteiger partial charge in [0.15, 0.2) is 0 Å². The van der Waals surface area contributed by atoms with Gasteiger partial charge in [0.05, 0.1) is 25.0 Å². The molecule has 4 heteroatoms. The van der Waals surface area contributed by atoms with Crippen LogP contribution in [0.25, 0.3) is 0 Å². The van der Waals surface area contributed by atoms with Crippen molar-refractivity contribution in [2.75, 3.05) is 13.2 Å². The maximum absolute atomic E-state index is 14.0. The standard InChI is InChI=1S/C40H60O4/c1-3-5-7-9-11-13-15-23-31-43-39(41)37-35(33-25-19-17-20-26-33)29-30-36(34-27-21-18-22-28-34)38(37)40(42)44-32-24-16-14-12-10-8-6-4-2/h17-22,25-28,35-38H,3-16,23-24,29-32H2,1-2H3. The largest absolute Gasteiger partial charge is 0.465 e. The van der Waals surface area contributed by atoms with E-state index in [-0.39, 0.29) is 23.8 Å². The molecule has 4 unspecified atom stereocenters. The summed E-state index contributed by atoms with van der Waals surface area (Å²) in [6, 6.07) is 20.5. The minimum Gasteiger partial charge on any atom is -0.465 e. The highest BCUT2D eigenvalue weighted by Crippen LogP contribution is 2.49. The number of unbranched alkanes of at least 4 members (excludes halogenated alkanes) is 14. The van der Waals surface area contributed by atoms with Gasteiger partial charge in [-0.25, -0.2) is 0 Å². The van der Waals surface area contributed by atoms with Gasteiger partial charge in [0.25, 0.3) is 0 Å². The molecule has 2 aromatic rings. The van der Waals surface area contributed by atoms with E-state index in [2.05, 4.69) is 38.1 Å². The molecule has 244 valence electrons. The highest BCUT2D eigenvalue weighted by atomic mass is 16.5. The maximum Gasteiger partial charge on any atom is 0.310 e.